The molecule has 0 spiro atoms. The molecule has 0 saturated carbocycles. The molecule has 0 radical (unpaired) electrons. The van der Waals surface area contributed by atoms with Crippen LogP contribution in [0, 0.1) is 0 Å². The van der Waals surface area contributed by atoms with Gasteiger partial charge in [-0.15, -0.1) is 0 Å². The number of hydrogen-bond donors (Lipinski definition) is 2. The van der Waals surface area contributed by atoms with Crippen molar-refractivity contribution in [2.75, 3.05) is 19.8 Å². The molecule has 130 valence electrons. The fourth-order valence-electron chi connectivity index (χ4n) is 3.15. The number of aromatic nitrogens is 1. The molecule has 1 aliphatic heterocycles. The molecule has 2 aromatic rings. The minimum atomic E-state index is -0.0614. The second-order valence-corrected chi connectivity index (χ2v) is 6.25. The highest BCUT2D eigenvalue weighted by Gasteiger charge is 2.14. The number of nitrogens with one attached hydrogen (secondary N) is 2. The Labute approximate surface area is 142 Å². The van der Waals surface area contributed by atoms with Crippen molar-refractivity contribution in [2.45, 2.75) is 45.1 Å². The zero-order valence-corrected chi connectivity index (χ0v) is 14.3. The van der Waals surface area contributed by atoms with Crippen LogP contribution in [0.4, 0.5) is 0 Å². The van der Waals surface area contributed by atoms with Gasteiger partial charge in [0, 0.05) is 30.1 Å². The standard InChI is InChI=1S/C19H26N2O3/c1-2-23-16-9-8-14-12-18(21-17(14)13-16)19(22)20-10-5-7-15-6-3-4-11-24-15/h8-9,12-13,15,21H,2-7,10-11H2,1H3,(H,20,22)/t15-/m1/s1. The molecule has 2 heterocycles. The van der Waals surface area contributed by atoms with E-state index in [1.165, 1.54) is 12.8 Å². The lowest BCUT2D eigenvalue weighted by Gasteiger charge is -2.22. The van der Waals surface area contributed by atoms with Gasteiger partial charge in [0.05, 0.1) is 12.7 Å². The second kappa shape index (κ2) is 8.20. The van der Waals surface area contributed by atoms with Crippen molar-refractivity contribution in [1.82, 2.24) is 10.3 Å². The van der Waals surface area contributed by atoms with Crippen LogP contribution in [-0.4, -0.2) is 36.8 Å². The van der Waals surface area contributed by atoms with Gasteiger partial charge in [0.2, 0.25) is 0 Å². The van der Waals surface area contributed by atoms with Crippen molar-refractivity contribution in [3.63, 3.8) is 0 Å². The second-order valence-electron chi connectivity index (χ2n) is 6.25. The first-order valence-corrected chi connectivity index (χ1v) is 8.91. The number of carbonyl (C=O) groups is 1. The molecule has 0 bridgehead atoms. The van der Waals surface area contributed by atoms with Crippen LogP contribution in [-0.2, 0) is 4.74 Å². The van der Waals surface area contributed by atoms with Gasteiger partial charge in [-0.2, -0.15) is 0 Å². The molecule has 0 unspecified atom stereocenters. The quantitative estimate of drug-likeness (QED) is 0.762. The number of carbonyl (C=O) groups excluding carboxylic acids is 1. The number of fused-ring (bicyclic) bond motifs is 1. The Balaban J connectivity index is 1.50. The van der Waals surface area contributed by atoms with Crippen LogP contribution in [0.1, 0.15) is 49.5 Å². The van der Waals surface area contributed by atoms with E-state index < -0.39 is 0 Å². The summed E-state index contributed by atoms with van der Waals surface area (Å²) in [5.74, 6) is 0.750. The fourth-order valence-corrected chi connectivity index (χ4v) is 3.15. The van der Waals surface area contributed by atoms with E-state index in [2.05, 4.69) is 10.3 Å². The summed E-state index contributed by atoms with van der Waals surface area (Å²) in [6.45, 7) is 4.15. The Morgan fingerprint density at radius 2 is 2.29 bits per heavy atom. The van der Waals surface area contributed by atoms with Gasteiger partial charge in [0.1, 0.15) is 11.4 Å². The molecular weight excluding hydrogens is 304 g/mol. The molecule has 24 heavy (non-hydrogen) atoms. The van der Waals surface area contributed by atoms with Crippen LogP contribution in [0.15, 0.2) is 24.3 Å². The number of hydrogen-bond acceptors (Lipinski definition) is 3. The molecule has 5 nitrogen and oxygen atoms in total. The molecule has 1 aliphatic rings. The van der Waals surface area contributed by atoms with E-state index in [9.17, 15) is 4.79 Å². The average Bonchev–Trinajstić information content (AvgIpc) is 3.03. The zero-order chi connectivity index (χ0) is 16.8. The van der Waals surface area contributed by atoms with E-state index in [1.807, 2.05) is 31.2 Å². The Hall–Kier alpha value is -2.01. The molecule has 1 fully saturated rings. The minimum absolute atomic E-state index is 0.0614. The van der Waals surface area contributed by atoms with Crippen molar-refractivity contribution in [3.05, 3.63) is 30.0 Å². The summed E-state index contributed by atoms with van der Waals surface area (Å²) in [5.41, 5.74) is 1.51. The summed E-state index contributed by atoms with van der Waals surface area (Å²) in [6, 6.07) is 7.69. The summed E-state index contributed by atoms with van der Waals surface area (Å²) in [5, 5.41) is 4.00. The summed E-state index contributed by atoms with van der Waals surface area (Å²) in [4.78, 5) is 15.4. The molecule has 1 saturated heterocycles. The predicted octanol–water partition coefficient (Wildman–Crippen LogP) is 3.65. The average molecular weight is 330 g/mol. The van der Waals surface area contributed by atoms with Crippen molar-refractivity contribution < 1.29 is 14.3 Å². The third-order valence-electron chi connectivity index (χ3n) is 4.41. The Morgan fingerprint density at radius 3 is 3.08 bits per heavy atom. The minimum Gasteiger partial charge on any atom is -0.494 e. The molecule has 5 heteroatoms. The van der Waals surface area contributed by atoms with Crippen molar-refractivity contribution >= 4 is 16.8 Å². The number of ether oxygens (including phenoxy) is 2. The lowest BCUT2D eigenvalue weighted by molar-refractivity contribution is 0.0102. The van der Waals surface area contributed by atoms with E-state index in [1.54, 1.807) is 0 Å². The predicted molar refractivity (Wildman–Crippen MR) is 94.6 cm³/mol. The van der Waals surface area contributed by atoms with Crippen LogP contribution in [0.2, 0.25) is 0 Å². The maximum absolute atomic E-state index is 12.3. The van der Waals surface area contributed by atoms with Gasteiger partial charge in [0.15, 0.2) is 0 Å². The maximum atomic E-state index is 12.3. The molecule has 1 aromatic carbocycles. The Bertz CT molecular complexity index is 674. The zero-order valence-electron chi connectivity index (χ0n) is 14.3. The van der Waals surface area contributed by atoms with Crippen LogP contribution < -0.4 is 10.1 Å². The van der Waals surface area contributed by atoms with Gasteiger partial charge in [-0.3, -0.25) is 4.79 Å². The first-order valence-electron chi connectivity index (χ1n) is 8.91. The fraction of sp³-hybridized carbons (Fsp3) is 0.526. The van der Waals surface area contributed by atoms with Gasteiger partial charge in [-0.25, -0.2) is 0 Å². The van der Waals surface area contributed by atoms with E-state index in [4.69, 9.17) is 9.47 Å². The van der Waals surface area contributed by atoms with E-state index in [0.717, 1.165) is 42.5 Å². The Kier molecular flexibility index (Phi) is 5.75. The highest BCUT2D eigenvalue weighted by atomic mass is 16.5. The number of aromatic amines is 1. The van der Waals surface area contributed by atoms with Crippen molar-refractivity contribution in [2.24, 2.45) is 0 Å². The largest absolute Gasteiger partial charge is 0.494 e. The van der Waals surface area contributed by atoms with Crippen LogP contribution in [0.25, 0.3) is 10.9 Å². The first kappa shape index (κ1) is 16.8. The van der Waals surface area contributed by atoms with Crippen molar-refractivity contribution in [3.8, 4) is 5.75 Å². The highest BCUT2D eigenvalue weighted by Crippen LogP contribution is 2.21. The third-order valence-corrected chi connectivity index (χ3v) is 4.41. The highest BCUT2D eigenvalue weighted by molar-refractivity contribution is 5.98. The third kappa shape index (κ3) is 4.29. The van der Waals surface area contributed by atoms with Gasteiger partial charge >= 0.3 is 0 Å². The Morgan fingerprint density at radius 1 is 1.38 bits per heavy atom. The van der Waals surface area contributed by atoms with Gasteiger partial charge < -0.3 is 19.8 Å². The van der Waals surface area contributed by atoms with Crippen molar-refractivity contribution in [1.29, 1.82) is 0 Å². The summed E-state index contributed by atoms with van der Waals surface area (Å²) < 4.78 is 11.2. The molecular formula is C19H26N2O3. The van der Waals surface area contributed by atoms with Crippen LogP contribution >= 0.6 is 0 Å². The first-order chi connectivity index (χ1) is 11.8. The smallest absolute Gasteiger partial charge is 0.267 e. The summed E-state index contributed by atoms with van der Waals surface area (Å²) >= 11 is 0. The number of benzene rings is 1. The SMILES string of the molecule is CCOc1ccc2cc(C(=O)NCCC[C@H]3CCCCO3)[nH]c2c1. The maximum Gasteiger partial charge on any atom is 0.267 e. The van der Waals surface area contributed by atoms with E-state index in [0.29, 0.717) is 24.9 Å². The number of H-pyrrole nitrogens is 1. The summed E-state index contributed by atoms with van der Waals surface area (Å²) in [6.07, 6.45) is 5.93. The van der Waals surface area contributed by atoms with Gasteiger partial charge in [0.25, 0.3) is 5.91 Å². The molecule has 1 aromatic heterocycles. The topological polar surface area (TPSA) is 63.4 Å². The van der Waals surface area contributed by atoms with Crippen LogP contribution in [0.3, 0.4) is 0 Å². The number of amides is 1. The normalized spacial score (nSPS) is 17.8. The van der Waals surface area contributed by atoms with Crippen LogP contribution in [0.5, 0.6) is 5.75 Å². The summed E-state index contributed by atoms with van der Waals surface area (Å²) in [7, 11) is 0. The number of rotatable bonds is 7. The van der Waals surface area contributed by atoms with E-state index >= 15 is 0 Å². The molecule has 1 amide bonds. The van der Waals surface area contributed by atoms with Gasteiger partial charge in [-0.05, 0) is 57.2 Å². The van der Waals surface area contributed by atoms with Gasteiger partial charge in [-0.1, -0.05) is 0 Å². The molecule has 3 rings (SSSR count). The molecule has 2 N–H and O–H groups in total. The monoisotopic (exact) mass is 330 g/mol. The lowest BCUT2D eigenvalue weighted by atomic mass is 10.0. The lowest BCUT2D eigenvalue weighted by Crippen LogP contribution is -2.26. The molecule has 1 atom stereocenters. The van der Waals surface area contributed by atoms with E-state index in [-0.39, 0.29) is 5.91 Å². The molecule has 0 aliphatic carbocycles.